The zero-order valence-electron chi connectivity index (χ0n) is 9.81. The molecular weight excluding hydrogens is 219 g/mol. The van der Waals surface area contributed by atoms with Gasteiger partial charge < -0.3 is 10.1 Å². The van der Waals surface area contributed by atoms with Gasteiger partial charge in [0.2, 0.25) is 0 Å². The fourth-order valence-electron chi connectivity index (χ4n) is 2.22. The summed E-state index contributed by atoms with van der Waals surface area (Å²) >= 11 is 0. The van der Waals surface area contributed by atoms with Crippen molar-refractivity contribution in [1.29, 1.82) is 0 Å². The summed E-state index contributed by atoms with van der Waals surface area (Å²) in [5.74, 6) is 0.220. The molecule has 1 fully saturated rings. The van der Waals surface area contributed by atoms with Gasteiger partial charge in [-0.1, -0.05) is 6.92 Å². The van der Waals surface area contributed by atoms with Crippen molar-refractivity contribution in [3.05, 3.63) is 0 Å². The van der Waals surface area contributed by atoms with Crippen molar-refractivity contribution >= 4 is 0 Å². The number of nitrogens with one attached hydrogen (secondary N) is 1. The summed E-state index contributed by atoms with van der Waals surface area (Å²) in [4.78, 5) is 0. The summed E-state index contributed by atoms with van der Waals surface area (Å²) < 4.78 is 41.9. The minimum atomic E-state index is -4.06. The third-order valence-corrected chi connectivity index (χ3v) is 3.00. The van der Waals surface area contributed by atoms with Crippen molar-refractivity contribution in [2.24, 2.45) is 5.92 Å². The molecule has 3 unspecified atom stereocenters. The molecule has 0 aromatic rings. The molecule has 1 aliphatic rings. The second kappa shape index (κ2) is 5.87. The summed E-state index contributed by atoms with van der Waals surface area (Å²) in [5.41, 5.74) is 0. The van der Waals surface area contributed by atoms with Crippen LogP contribution in [0.25, 0.3) is 0 Å². The standard InChI is InChI=1S/C11H20F3NO/c1-3-15-10(4-5-11(12,13)14)9-6-8(2)16-7-9/h8-10,15H,3-7H2,1-2H3. The number of hydrogen-bond donors (Lipinski definition) is 1. The van der Waals surface area contributed by atoms with Gasteiger partial charge in [-0.05, 0) is 26.3 Å². The highest BCUT2D eigenvalue weighted by molar-refractivity contribution is 4.82. The lowest BCUT2D eigenvalue weighted by atomic mass is 9.93. The number of halogens is 3. The van der Waals surface area contributed by atoms with Crippen molar-refractivity contribution in [1.82, 2.24) is 5.32 Å². The molecule has 0 aromatic heterocycles. The molecule has 0 aliphatic carbocycles. The van der Waals surface area contributed by atoms with Crippen LogP contribution in [0.1, 0.15) is 33.1 Å². The van der Waals surface area contributed by atoms with E-state index in [-0.39, 0.29) is 24.5 Å². The summed E-state index contributed by atoms with van der Waals surface area (Å²) in [6.45, 7) is 5.16. The van der Waals surface area contributed by atoms with Crippen LogP contribution >= 0.6 is 0 Å². The highest BCUT2D eigenvalue weighted by Crippen LogP contribution is 2.28. The summed E-state index contributed by atoms with van der Waals surface area (Å²) in [6.07, 6.45) is -3.58. The average Bonchev–Trinajstić information content (AvgIpc) is 2.57. The van der Waals surface area contributed by atoms with Gasteiger partial charge in [0.1, 0.15) is 0 Å². The molecule has 0 aromatic carbocycles. The lowest BCUT2D eigenvalue weighted by Gasteiger charge is -2.23. The van der Waals surface area contributed by atoms with Crippen LogP contribution < -0.4 is 5.32 Å². The predicted molar refractivity (Wildman–Crippen MR) is 56.3 cm³/mol. The van der Waals surface area contributed by atoms with Crippen molar-refractivity contribution < 1.29 is 17.9 Å². The molecule has 16 heavy (non-hydrogen) atoms. The number of hydrogen-bond acceptors (Lipinski definition) is 2. The van der Waals surface area contributed by atoms with Gasteiger partial charge in [0.15, 0.2) is 0 Å². The molecule has 1 saturated heterocycles. The first-order valence-electron chi connectivity index (χ1n) is 5.84. The van der Waals surface area contributed by atoms with E-state index in [9.17, 15) is 13.2 Å². The van der Waals surface area contributed by atoms with Gasteiger partial charge in [-0.3, -0.25) is 0 Å². The third kappa shape index (κ3) is 4.70. The van der Waals surface area contributed by atoms with Gasteiger partial charge >= 0.3 is 6.18 Å². The Morgan fingerprint density at radius 2 is 2.12 bits per heavy atom. The minimum Gasteiger partial charge on any atom is -0.378 e. The Bertz CT molecular complexity index is 208. The van der Waals surface area contributed by atoms with Crippen LogP contribution in [0, 0.1) is 5.92 Å². The molecule has 3 atom stereocenters. The summed E-state index contributed by atoms with van der Waals surface area (Å²) in [5, 5.41) is 3.14. The lowest BCUT2D eigenvalue weighted by Crippen LogP contribution is -2.37. The van der Waals surface area contributed by atoms with Crippen molar-refractivity contribution in [3.8, 4) is 0 Å². The zero-order chi connectivity index (χ0) is 12.2. The normalized spacial score (nSPS) is 28.3. The van der Waals surface area contributed by atoms with Gasteiger partial charge in [0.05, 0.1) is 12.7 Å². The van der Waals surface area contributed by atoms with Gasteiger partial charge in [-0.2, -0.15) is 13.2 Å². The number of ether oxygens (including phenoxy) is 1. The highest BCUT2D eigenvalue weighted by Gasteiger charge is 2.33. The van der Waals surface area contributed by atoms with E-state index in [1.54, 1.807) is 0 Å². The molecule has 1 aliphatic heterocycles. The van der Waals surface area contributed by atoms with Crippen molar-refractivity contribution in [2.75, 3.05) is 13.2 Å². The Morgan fingerprint density at radius 1 is 1.44 bits per heavy atom. The number of rotatable bonds is 5. The van der Waals surface area contributed by atoms with Gasteiger partial charge in [0.25, 0.3) is 0 Å². The quantitative estimate of drug-likeness (QED) is 0.796. The maximum atomic E-state index is 12.2. The smallest absolute Gasteiger partial charge is 0.378 e. The van der Waals surface area contributed by atoms with Gasteiger partial charge in [-0.15, -0.1) is 0 Å². The van der Waals surface area contributed by atoms with Crippen LogP contribution in [-0.4, -0.2) is 31.5 Å². The van der Waals surface area contributed by atoms with Crippen LogP contribution in [0.15, 0.2) is 0 Å². The Morgan fingerprint density at radius 3 is 2.56 bits per heavy atom. The van der Waals surface area contributed by atoms with E-state index in [1.165, 1.54) is 0 Å². The van der Waals surface area contributed by atoms with E-state index >= 15 is 0 Å². The fraction of sp³-hybridized carbons (Fsp3) is 1.00. The van der Waals surface area contributed by atoms with Gasteiger partial charge in [-0.25, -0.2) is 0 Å². The largest absolute Gasteiger partial charge is 0.389 e. The lowest BCUT2D eigenvalue weighted by molar-refractivity contribution is -0.137. The molecule has 0 bridgehead atoms. The molecule has 0 radical (unpaired) electrons. The molecule has 1 N–H and O–H groups in total. The van der Waals surface area contributed by atoms with E-state index in [2.05, 4.69) is 5.32 Å². The third-order valence-electron chi connectivity index (χ3n) is 3.00. The monoisotopic (exact) mass is 239 g/mol. The highest BCUT2D eigenvalue weighted by atomic mass is 19.4. The maximum absolute atomic E-state index is 12.2. The molecule has 1 heterocycles. The van der Waals surface area contributed by atoms with Gasteiger partial charge in [0, 0.05) is 18.4 Å². The Balaban J connectivity index is 2.41. The molecular formula is C11H20F3NO. The molecule has 0 amide bonds. The topological polar surface area (TPSA) is 21.3 Å². The maximum Gasteiger partial charge on any atom is 0.389 e. The van der Waals surface area contributed by atoms with Crippen molar-refractivity contribution in [2.45, 2.75) is 51.4 Å². The molecule has 2 nitrogen and oxygen atoms in total. The first-order chi connectivity index (χ1) is 7.42. The fourth-order valence-corrected chi connectivity index (χ4v) is 2.22. The zero-order valence-corrected chi connectivity index (χ0v) is 9.81. The first kappa shape index (κ1) is 13.8. The van der Waals surface area contributed by atoms with E-state index in [0.29, 0.717) is 13.2 Å². The molecule has 0 saturated carbocycles. The SMILES string of the molecule is CCNC(CCC(F)(F)F)C1COC(C)C1. The van der Waals surface area contributed by atoms with Crippen molar-refractivity contribution in [3.63, 3.8) is 0 Å². The van der Waals surface area contributed by atoms with E-state index < -0.39 is 12.6 Å². The first-order valence-corrected chi connectivity index (χ1v) is 5.84. The molecule has 96 valence electrons. The number of alkyl halides is 3. The summed E-state index contributed by atoms with van der Waals surface area (Å²) in [7, 11) is 0. The van der Waals surface area contributed by atoms with Crippen LogP contribution in [0.2, 0.25) is 0 Å². The van der Waals surface area contributed by atoms with E-state index in [4.69, 9.17) is 4.74 Å². The molecule has 0 spiro atoms. The van der Waals surface area contributed by atoms with Crippen LogP contribution in [0.5, 0.6) is 0 Å². The average molecular weight is 239 g/mol. The minimum absolute atomic E-state index is 0.0726. The second-order valence-corrected chi connectivity index (χ2v) is 4.46. The van der Waals surface area contributed by atoms with Crippen LogP contribution in [-0.2, 0) is 4.74 Å². The predicted octanol–water partition coefficient (Wildman–Crippen LogP) is 2.73. The Labute approximate surface area is 94.5 Å². The summed E-state index contributed by atoms with van der Waals surface area (Å²) in [6, 6.07) is -0.0726. The van der Waals surface area contributed by atoms with Crippen LogP contribution in [0.3, 0.4) is 0 Å². The van der Waals surface area contributed by atoms with Crippen LogP contribution in [0.4, 0.5) is 13.2 Å². The van der Waals surface area contributed by atoms with E-state index in [0.717, 1.165) is 6.42 Å². The Kier molecular flexibility index (Phi) is 5.05. The Hall–Kier alpha value is -0.290. The van der Waals surface area contributed by atoms with E-state index in [1.807, 2.05) is 13.8 Å². The second-order valence-electron chi connectivity index (χ2n) is 4.46. The molecule has 5 heteroatoms. The molecule has 1 rings (SSSR count).